The summed E-state index contributed by atoms with van der Waals surface area (Å²) in [5, 5.41) is 3.34. The normalized spacial score (nSPS) is 12.0. The summed E-state index contributed by atoms with van der Waals surface area (Å²) in [6, 6.07) is 0. The maximum atomic E-state index is 3.34. The van der Waals surface area contributed by atoms with Crippen molar-refractivity contribution in [3.8, 4) is 0 Å². The molecule has 1 nitrogen and oxygen atoms in total. The highest BCUT2D eigenvalue weighted by atomic mass is 32.2. The molecule has 0 aromatic heterocycles. The third-order valence-corrected chi connectivity index (χ3v) is 1.39. The summed E-state index contributed by atoms with van der Waals surface area (Å²) in [5.41, 5.74) is 0.426. The first-order valence-corrected chi connectivity index (χ1v) is 4.65. The van der Waals surface area contributed by atoms with Crippen molar-refractivity contribution in [1.82, 2.24) is 5.32 Å². The average Bonchev–Trinajstić information content (AvgIpc) is 1.63. The van der Waals surface area contributed by atoms with E-state index in [1.807, 2.05) is 11.8 Å². The summed E-state index contributed by atoms with van der Waals surface area (Å²) >= 11 is 1.83. The van der Waals surface area contributed by atoms with Crippen molar-refractivity contribution in [2.24, 2.45) is 5.41 Å². The van der Waals surface area contributed by atoms with Crippen LogP contribution in [0.5, 0.6) is 0 Å². The van der Waals surface area contributed by atoms with Gasteiger partial charge in [0.1, 0.15) is 0 Å². The molecule has 0 fully saturated rings. The number of rotatable bonds is 3. The van der Waals surface area contributed by atoms with Crippen LogP contribution in [-0.4, -0.2) is 18.7 Å². The molecule has 0 unspecified atom stereocenters. The van der Waals surface area contributed by atoms with Crippen LogP contribution < -0.4 is 5.32 Å². The minimum absolute atomic E-state index is 0.426. The fraction of sp³-hybridized carbons (Fsp3) is 1.00. The molecule has 2 heteroatoms. The van der Waals surface area contributed by atoms with E-state index in [0.717, 1.165) is 12.4 Å². The highest BCUT2D eigenvalue weighted by Crippen LogP contribution is 2.10. The summed E-state index contributed by atoms with van der Waals surface area (Å²) in [6.07, 6.45) is 2.11. The molecule has 0 heterocycles. The standard InChI is InChI=1S/C7H17NS/c1-7(2,3)5-8-6-9-4/h8H,5-6H2,1-4H3. The van der Waals surface area contributed by atoms with E-state index in [1.54, 1.807) is 0 Å². The Bertz CT molecular complexity index is 65.8. The van der Waals surface area contributed by atoms with Crippen LogP contribution in [0.25, 0.3) is 0 Å². The molecule has 0 spiro atoms. The molecule has 0 saturated carbocycles. The Morgan fingerprint density at radius 2 is 1.89 bits per heavy atom. The molecule has 9 heavy (non-hydrogen) atoms. The van der Waals surface area contributed by atoms with Gasteiger partial charge in [-0.3, -0.25) is 0 Å². The molecule has 56 valence electrons. The van der Waals surface area contributed by atoms with Gasteiger partial charge in [0.2, 0.25) is 0 Å². The van der Waals surface area contributed by atoms with Gasteiger partial charge in [-0.1, -0.05) is 20.8 Å². The van der Waals surface area contributed by atoms with Crippen LogP contribution in [-0.2, 0) is 0 Å². The van der Waals surface area contributed by atoms with Crippen LogP contribution >= 0.6 is 11.8 Å². The van der Waals surface area contributed by atoms with Gasteiger partial charge in [0.25, 0.3) is 0 Å². The van der Waals surface area contributed by atoms with Gasteiger partial charge in [-0.15, -0.1) is 11.8 Å². The van der Waals surface area contributed by atoms with Gasteiger partial charge in [0.05, 0.1) is 0 Å². The Balaban J connectivity index is 3.07. The van der Waals surface area contributed by atoms with Crippen molar-refractivity contribution >= 4 is 11.8 Å². The molecule has 0 radical (unpaired) electrons. The minimum atomic E-state index is 0.426. The predicted octanol–water partition coefficient (Wildman–Crippen LogP) is 1.94. The van der Waals surface area contributed by atoms with E-state index < -0.39 is 0 Å². The second kappa shape index (κ2) is 4.18. The summed E-state index contributed by atoms with van der Waals surface area (Å²) < 4.78 is 0. The molecule has 1 N–H and O–H groups in total. The first-order chi connectivity index (χ1) is 4.06. The molecule has 0 atom stereocenters. The minimum Gasteiger partial charge on any atom is -0.307 e. The monoisotopic (exact) mass is 147 g/mol. The van der Waals surface area contributed by atoms with E-state index in [0.29, 0.717) is 5.41 Å². The van der Waals surface area contributed by atoms with E-state index >= 15 is 0 Å². The second-order valence-corrected chi connectivity index (χ2v) is 4.29. The Kier molecular flexibility index (Phi) is 4.32. The lowest BCUT2D eigenvalue weighted by atomic mass is 9.97. The van der Waals surface area contributed by atoms with Gasteiger partial charge in [-0.05, 0) is 11.7 Å². The second-order valence-electron chi connectivity index (χ2n) is 3.42. The lowest BCUT2D eigenvalue weighted by Gasteiger charge is -2.17. The van der Waals surface area contributed by atoms with Gasteiger partial charge in [0, 0.05) is 12.4 Å². The van der Waals surface area contributed by atoms with Crippen LogP contribution in [0.1, 0.15) is 20.8 Å². The SMILES string of the molecule is CSCNCC(C)(C)C. The van der Waals surface area contributed by atoms with Crippen molar-refractivity contribution in [3.05, 3.63) is 0 Å². The predicted molar refractivity (Wildman–Crippen MR) is 45.8 cm³/mol. The Labute approximate surface area is 62.6 Å². The molecule has 0 aliphatic rings. The van der Waals surface area contributed by atoms with Crippen LogP contribution in [0, 0.1) is 5.41 Å². The molecule has 0 aliphatic heterocycles. The fourth-order valence-electron chi connectivity index (χ4n) is 0.528. The molecule has 0 saturated heterocycles. The Morgan fingerprint density at radius 1 is 1.33 bits per heavy atom. The van der Waals surface area contributed by atoms with Crippen molar-refractivity contribution in [2.75, 3.05) is 18.7 Å². The maximum Gasteiger partial charge on any atom is 0.0415 e. The van der Waals surface area contributed by atoms with E-state index in [1.165, 1.54) is 0 Å². The highest BCUT2D eigenvalue weighted by molar-refractivity contribution is 7.98. The zero-order valence-electron chi connectivity index (χ0n) is 6.82. The fourth-order valence-corrected chi connectivity index (χ4v) is 0.834. The van der Waals surface area contributed by atoms with Crippen LogP contribution in [0.2, 0.25) is 0 Å². The van der Waals surface area contributed by atoms with Crippen LogP contribution in [0.4, 0.5) is 0 Å². The number of hydrogen-bond donors (Lipinski definition) is 1. The summed E-state index contributed by atoms with van der Waals surface area (Å²) in [4.78, 5) is 0. The lowest BCUT2D eigenvalue weighted by Crippen LogP contribution is -2.26. The zero-order valence-corrected chi connectivity index (χ0v) is 7.64. The third kappa shape index (κ3) is 8.31. The Hall–Kier alpha value is 0.310. The van der Waals surface area contributed by atoms with E-state index in [4.69, 9.17) is 0 Å². The number of nitrogens with one attached hydrogen (secondary N) is 1. The largest absolute Gasteiger partial charge is 0.307 e. The Morgan fingerprint density at radius 3 is 2.22 bits per heavy atom. The van der Waals surface area contributed by atoms with Gasteiger partial charge in [-0.25, -0.2) is 0 Å². The van der Waals surface area contributed by atoms with E-state index in [9.17, 15) is 0 Å². The number of thioether (sulfide) groups is 1. The molecule has 0 bridgehead atoms. The van der Waals surface area contributed by atoms with Crippen LogP contribution in [0.3, 0.4) is 0 Å². The van der Waals surface area contributed by atoms with E-state index in [-0.39, 0.29) is 0 Å². The molecule has 0 rings (SSSR count). The lowest BCUT2D eigenvalue weighted by molar-refractivity contribution is 0.393. The average molecular weight is 147 g/mol. The van der Waals surface area contributed by atoms with Gasteiger partial charge in [0.15, 0.2) is 0 Å². The molecule has 0 aromatic carbocycles. The smallest absolute Gasteiger partial charge is 0.0415 e. The van der Waals surface area contributed by atoms with Crippen molar-refractivity contribution in [1.29, 1.82) is 0 Å². The van der Waals surface area contributed by atoms with Gasteiger partial charge >= 0.3 is 0 Å². The first-order valence-electron chi connectivity index (χ1n) is 3.26. The van der Waals surface area contributed by atoms with E-state index in [2.05, 4.69) is 32.3 Å². The molecule has 0 aliphatic carbocycles. The highest BCUT2D eigenvalue weighted by Gasteiger charge is 2.07. The molecule has 0 aromatic rings. The number of hydrogen-bond acceptors (Lipinski definition) is 2. The van der Waals surface area contributed by atoms with Gasteiger partial charge < -0.3 is 5.32 Å². The zero-order chi connectivity index (χ0) is 7.33. The first kappa shape index (κ1) is 9.31. The molecular formula is C7H17NS. The van der Waals surface area contributed by atoms with Crippen LogP contribution in [0.15, 0.2) is 0 Å². The van der Waals surface area contributed by atoms with Crippen molar-refractivity contribution < 1.29 is 0 Å². The summed E-state index contributed by atoms with van der Waals surface area (Å²) in [6.45, 7) is 7.81. The molecular weight excluding hydrogens is 130 g/mol. The third-order valence-electron chi connectivity index (χ3n) is 0.902. The van der Waals surface area contributed by atoms with Crippen molar-refractivity contribution in [3.63, 3.8) is 0 Å². The van der Waals surface area contributed by atoms with Gasteiger partial charge in [-0.2, -0.15) is 0 Å². The molecule has 0 amide bonds. The quantitative estimate of drug-likeness (QED) is 0.483. The topological polar surface area (TPSA) is 12.0 Å². The maximum absolute atomic E-state index is 3.34. The summed E-state index contributed by atoms with van der Waals surface area (Å²) in [5.74, 6) is 1.07. The summed E-state index contributed by atoms with van der Waals surface area (Å²) in [7, 11) is 0. The van der Waals surface area contributed by atoms with Crippen molar-refractivity contribution in [2.45, 2.75) is 20.8 Å².